The predicted octanol–water partition coefficient (Wildman–Crippen LogP) is 1.76. The van der Waals surface area contributed by atoms with Crippen LogP contribution in [0.5, 0.6) is 0 Å². The fourth-order valence-electron chi connectivity index (χ4n) is 4.01. The zero-order chi connectivity index (χ0) is 15.8. The third-order valence-corrected chi connectivity index (χ3v) is 5.12. The molecule has 1 saturated heterocycles. The van der Waals surface area contributed by atoms with Gasteiger partial charge in [0, 0.05) is 37.4 Å². The molecule has 0 saturated carbocycles. The van der Waals surface area contributed by atoms with E-state index in [1.807, 2.05) is 22.8 Å². The molecular weight excluding hydrogens is 288 g/mol. The third kappa shape index (κ3) is 2.73. The molecule has 2 bridgehead atoms. The quantitative estimate of drug-likeness (QED) is 0.908. The number of aromatic nitrogens is 1. The largest absolute Gasteiger partial charge is 0.396 e. The summed E-state index contributed by atoms with van der Waals surface area (Å²) in [6.45, 7) is 2.96. The second kappa shape index (κ2) is 5.95. The van der Waals surface area contributed by atoms with E-state index in [1.54, 1.807) is 6.07 Å². The highest BCUT2D eigenvalue weighted by Crippen LogP contribution is 2.33. The molecule has 0 unspecified atom stereocenters. The van der Waals surface area contributed by atoms with Crippen LogP contribution in [0.2, 0.25) is 0 Å². The van der Waals surface area contributed by atoms with Crippen molar-refractivity contribution in [1.82, 2.24) is 9.88 Å². The minimum absolute atomic E-state index is 0.113. The van der Waals surface area contributed by atoms with Gasteiger partial charge in [-0.3, -0.25) is 4.79 Å². The van der Waals surface area contributed by atoms with Crippen LogP contribution in [0, 0.1) is 5.92 Å². The van der Waals surface area contributed by atoms with Gasteiger partial charge in [0.25, 0.3) is 5.56 Å². The number of pyridine rings is 1. The van der Waals surface area contributed by atoms with Crippen LogP contribution in [0.4, 0.5) is 0 Å². The van der Waals surface area contributed by atoms with Crippen molar-refractivity contribution in [2.75, 3.05) is 19.7 Å². The van der Waals surface area contributed by atoms with Crippen molar-refractivity contribution in [2.24, 2.45) is 5.92 Å². The zero-order valence-electron chi connectivity index (χ0n) is 13.2. The summed E-state index contributed by atoms with van der Waals surface area (Å²) in [4.78, 5) is 12.6. The third-order valence-electron chi connectivity index (χ3n) is 5.12. The van der Waals surface area contributed by atoms with E-state index in [0.717, 1.165) is 36.3 Å². The molecule has 0 spiro atoms. The van der Waals surface area contributed by atoms with Gasteiger partial charge in [-0.1, -0.05) is 24.3 Å². The minimum atomic E-state index is 0.113. The normalized spacial score (nSPS) is 22.7. The Labute approximate surface area is 135 Å². The van der Waals surface area contributed by atoms with Gasteiger partial charge in [0.1, 0.15) is 0 Å². The Morgan fingerprint density at radius 2 is 2.09 bits per heavy atom. The first-order valence-corrected chi connectivity index (χ1v) is 8.40. The molecule has 4 rings (SSSR count). The van der Waals surface area contributed by atoms with Gasteiger partial charge >= 0.3 is 0 Å². The topological polar surface area (TPSA) is 54.3 Å². The molecule has 120 valence electrons. The fourth-order valence-corrected chi connectivity index (χ4v) is 4.01. The summed E-state index contributed by atoms with van der Waals surface area (Å²) in [5.74, 6) is 1.02. The van der Waals surface area contributed by atoms with Gasteiger partial charge < -0.3 is 15.0 Å². The van der Waals surface area contributed by atoms with Gasteiger partial charge in [-0.25, -0.2) is 0 Å². The van der Waals surface area contributed by atoms with Crippen LogP contribution >= 0.6 is 0 Å². The Morgan fingerprint density at radius 1 is 1.17 bits per heavy atom. The average Bonchev–Trinajstić information content (AvgIpc) is 2.57. The number of hydrogen-bond donors (Lipinski definition) is 2. The highest BCUT2D eigenvalue weighted by Gasteiger charge is 2.31. The van der Waals surface area contributed by atoms with E-state index >= 15 is 0 Å². The van der Waals surface area contributed by atoms with Crippen LogP contribution in [-0.2, 0) is 13.0 Å². The average molecular weight is 310 g/mol. The molecule has 0 amide bonds. The number of piperidine rings is 1. The van der Waals surface area contributed by atoms with Crippen molar-refractivity contribution in [3.05, 3.63) is 58.0 Å². The number of nitrogens with one attached hydrogen (secondary N) is 1. The molecule has 1 aromatic carbocycles. The molecule has 3 heterocycles. The molecule has 23 heavy (non-hydrogen) atoms. The molecule has 4 nitrogen and oxygen atoms in total. The van der Waals surface area contributed by atoms with Gasteiger partial charge in [0.05, 0.1) is 0 Å². The van der Waals surface area contributed by atoms with E-state index in [0.29, 0.717) is 18.3 Å². The second-order valence-corrected chi connectivity index (χ2v) is 6.75. The van der Waals surface area contributed by atoms with Crippen LogP contribution in [0.25, 0.3) is 11.1 Å². The summed E-state index contributed by atoms with van der Waals surface area (Å²) in [7, 11) is 0. The minimum Gasteiger partial charge on any atom is -0.396 e. The molecule has 4 heteroatoms. The lowest BCUT2D eigenvalue weighted by Crippen LogP contribution is -2.44. The number of fused-ring (bicyclic) bond motifs is 4. The van der Waals surface area contributed by atoms with Crippen molar-refractivity contribution >= 4 is 0 Å². The summed E-state index contributed by atoms with van der Waals surface area (Å²) >= 11 is 0. The molecule has 2 aromatic rings. The van der Waals surface area contributed by atoms with E-state index in [9.17, 15) is 4.79 Å². The van der Waals surface area contributed by atoms with Gasteiger partial charge in [0.15, 0.2) is 0 Å². The van der Waals surface area contributed by atoms with E-state index in [1.165, 1.54) is 12.1 Å². The molecule has 1 fully saturated rings. The highest BCUT2D eigenvalue weighted by molar-refractivity contribution is 5.64. The van der Waals surface area contributed by atoms with Crippen molar-refractivity contribution < 1.29 is 5.11 Å². The van der Waals surface area contributed by atoms with E-state index in [2.05, 4.69) is 17.4 Å². The Morgan fingerprint density at radius 3 is 2.96 bits per heavy atom. The van der Waals surface area contributed by atoms with E-state index < -0.39 is 0 Å². The Kier molecular flexibility index (Phi) is 3.79. The Bertz CT molecular complexity index is 781. The summed E-state index contributed by atoms with van der Waals surface area (Å²) in [6.07, 6.45) is 1.83. The van der Waals surface area contributed by atoms with Gasteiger partial charge in [-0.15, -0.1) is 0 Å². The number of rotatable bonds is 3. The molecular formula is C19H22N2O2. The first-order chi connectivity index (χ1) is 11.2. The summed E-state index contributed by atoms with van der Waals surface area (Å²) in [6, 6.07) is 12.1. The number of benzene rings is 1. The Hall–Kier alpha value is -1.91. The molecule has 1 aromatic heterocycles. The maximum atomic E-state index is 12.6. The first-order valence-electron chi connectivity index (χ1n) is 8.40. The molecule has 2 aliphatic rings. The van der Waals surface area contributed by atoms with Crippen LogP contribution in [0.1, 0.15) is 23.6 Å². The van der Waals surface area contributed by atoms with Crippen LogP contribution in [0.3, 0.4) is 0 Å². The van der Waals surface area contributed by atoms with E-state index in [-0.39, 0.29) is 12.2 Å². The summed E-state index contributed by atoms with van der Waals surface area (Å²) < 4.78 is 1.97. The van der Waals surface area contributed by atoms with Crippen molar-refractivity contribution in [1.29, 1.82) is 0 Å². The molecule has 2 N–H and O–H groups in total. The lowest BCUT2D eigenvalue weighted by atomic mass is 9.83. The van der Waals surface area contributed by atoms with E-state index in [4.69, 9.17) is 5.11 Å². The standard InChI is InChI=1S/C19H22N2O2/c22-5-4-13-2-1-3-15(6-13)16-8-18-17-7-14(10-20-11-17)12-21(18)19(23)9-16/h1-3,6,8-9,14,17,20,22H,4-5,7,10-12H2/t14-,17+/m0/s1. The molecule has 0 aliphatic carbocycles. The van der Waals surface area contributed by atoms with Crippen LogP contribution < -0.4 is 10.9 Å². The molecule has 2 atom stereocenters. The predicted molar refractivity (Wildman–Crippen MR) is 90.6 cm³/mol. The van der Waals surface area contributed by atoms with Gasteiger partial charge in [-0.05, 0) is 48.1 Å². The number of aliphatic hydroxyl groups is 1. The zero-order valence-corrected chi connectivity index (χ0v) is 13.2. The lowest BCUT2D eigenvalue weighted by Gasteiger charge is -2.37. The van der Waals surface area contributed by atoms with Crippen LogP contribution in [-0.4, -0.2) is 29.4 Å². The van der Waals surface area contributed by atoms with Gasteiger partial charge in [-0.2, -0.15) is 0 Å². The smallest absolute Gasteiger partial charge is 0.251 e. The monoisotopic (exact) mass is 310 g/mol. The highest BCUT2D eigenvalue weighted by atomic mass is 16.2. The number of hydrogen-bond acceptors (Lipinski definition) is 3. The summed E-state index contributed by atoms with van der Waals surface area (Å²) in [5, 5.41) is 12.6. The van der Waals surface area contributed by atoms with Crippen molar-refractivity contribution in [3.8, 4) is 11.1 Å². The number of aliphatic hydroxyl groups excluding tert-OH is 1. The van der Waals surface area contributed by atoms with Crippen LogP contribution in [0.15, 0.2) is 41.2 Å². The SMILES string of the molecule is O=c1cc(-c2cccc(CCO)c2)cc2n1C[C@@H]1CNC[C@H]2C1. The van der Waals surface area contributed by atoms with Crippen molar-refractivity contribution in [3.63, 3.8) is 0 Å². The maximum absolute atomic E-state index is 12.6. The maximum Gasteiger partial charge on any atom is 0.251 e. The number of nitrogens with zero attached hydrogens (tertiary/aromatic N) is 1. The second-order valence-electron chi connectivity index (χ2n) is 6.75. The van der Waals surface area contributed by atoms with Crippen molar-refractivity contribution in [2.45, 2.75) is 25.3 Å². The fraction of sp³-hybridized carbons (Fsp3) is 0.421. The lowest BCUT2D eigenvalue weighted by molar-refractivity contribution is 0.257. The Balaban J connectivity index is 1.78. The molecule has 0 radical (unpaired) electrons. The first kappa shape index (κ1) is 14.7. The van der Waals surface area contributed by atoms with Gasteiger partial charge in [0.2, 0.25) is 0 Å². The molecule has 2 aliphatic heterocycles. The summed E-state index contributed by atoms with van der Waals surface area (Å²) in [5.41, 5.74) is 4.43.